The van der Waals surface area contributed by atoms with E-state index in [2.05, 4.69) is 42.1 Å². The molecule has 1 aromatic carbocycles. The van der Waals surface area contributed by atoms with Crippen molar-refractivity contribution in [3.05, 3.63) is 29.6 Å². The van der Waals surface area contributed by atoms with E-state index in [4.69, 9.17) is 9.72 Å². The molecule has 1 aromatic heterocycles. The average molecular weight is 245 g/mol. The maximum atomic E-state index is 5.40. The maximum Gasteiger partial charge on any atom is 0.126 e. The molecule has 2 atom stereocenters. The Balaban J connectivity index is 2.03. The maximum absolute atomic E-state index is 5.40. The van der Waals surface area contributed by atoms with Crippen LogP contribution in [0.4, 0.5) is 0 Å². The Kier molecular flexibility index (Phi) is 2.84. The highest BCUT2D eigenvalue weighted by atomic mass is 16.5. The van der Waals surface area contributed by atoms with Crippen LogP contribution in [0.3, 0.4) is 0 Å². The summed E-state index contributed by atoms with van der Waals surface area (Å²) in [5, 5.41) is 3.49. The monoisotopic (exact) mass is 245 g/mol. The van der Waals surface area contributed by atoms with E-state index in [9.17, 15) is 0 Å². The second kappa shape index (κ2) is 4.37. The van der Waals surface area contributed by atoms with Crippen LogP contribution < -0.4 is 5.32 Å². The van der Waals surface area contributed by atoms with Crippen LogP contribution in [-0.4, -0.2) is 29.3 Å². The number of methoxy groups -OCH3 is 1. The molecule has 2 unspecified atom stereocenters. The van der Waals surface area contributed by atoms with E-state index in [-0.39, 0.29) is 0 Å². The molecule has 1 saturated heterocycles. The summed E-state index contributed by atoms with van der Waals surface area (Å²) in [6, 6.07) is 6.57. The average Bonchev–Trinajstić information content (AvgIpc) is 2.94. The van der Waals surface area contributed by atoms with Gasteiger partial charge in [-0.2, -0.15) is 0 Å². The minimum atomic E-state index is 0.298. The fourth-order valence-corrected chi connectivity index (χ4v) is 2.87. The van der Waals surface area contributed by atoms with Crippen molar-refractivity contribution in [2.45, 2.75) is 25.5 Å². The first-order valence-corrected chi connectivity index (χ1v) is 6.39. The number of benzene rings is 1. The van der Waals surface area contributed by atoms with Crippen LogP contribution in [0, 0.1) is 6.92 Å². The number of para-hydroxylation sites is 1. The van der Waals surface area contributed by atoms with E-state index in [1.54, 1.807) is 7.11 Å². The van der Waals surface area contributed by atoms with E-state index in [0.29, 0.717) is 12.1 Å². The number of nitrogens with zero attached hydrogens (tertiary/aromatic N) is 2. The van der Waals surface area contributed by atoms with E-state index >= 15 is 0 Å². The van der Waals surface area contributed by atoms with Crippen LogP contribution in [0.1, 0.15) is 23.9 Å². The predicted molar refractivity (Wildman–Crippen MR) is 71.6 cm³/mol. The Labute approximate surface area is 107 Å². The van der Waals surface area contributed by atoms with Crippen LogP contribution in [0.5, 0.6) is 0 Å². The van der Waals surface area contributed by atoms with Crippen molar-refractivity contribution in [2.24, 2.45) is 7.05 Å². The summed E-state index contributed by atoms with van der Waals surface area (Å²) in [5.41, 5.74) is 3.58. The van der Waals surface area contributed by atoms with E-state index in [0.717, 1.165) is 24.3 Å². The third-order valence-electron chi connectivity index (χ3n) is 3.87. The van der Waals surface area contributed by atoms with Gasteiger partial charge >= 0.3 is 0 Å². The summed E-state index contributed by atoms with van der Waals surface area (Å²) in [5.74, 6) is 1.11. The van der Waals surface area contributed by atoms with Crippen LogP contribution in [0.25, 0.3) is 11.0 Å². The molecule has 4 nitrogen and oxygen atoms in total. The van der Waals surface area contributed by atoms with Gasteiger partial charge in [-0.15, -0.1) is 0 Å². The molecular formula is C14H19N3O. The third kappa shape index (κ3) is 1.72. The molecule has 2 aromatic rings. The van der Waals surface area contributed by atoms with Gasteiger partial charge in [0.05, 0.1) is 23.2 Å². The number of rotatable bonds is 2. The zero-order chi connectivity index (χ0) is 12.7. The molecule has 1 N–H and O–H groups in total. The summed E-state index contributed by atoms with van der Waals surface area (Å²) in [7, 11) is 3.87. The van der Waals surface area contributed by atoms with Gasteiger partial charge in [-0.3, -0.25) is 0 Å². The number of nitrogens with one attached hydrogen (secondary N) is 1. The lowest BCUT2D eigenvalue weighted by molar-refractivity contribution is 0.117. The molecule has 4 heteroatoms. The topological polar surface area (TPSA) is 39.1 Å². The first-order valence-electron chi connectivity index (χ1n) is 6.39. The Morgan fingerprint density at radius 3 is 2.94 bits per heavy atom. The molecule has 1 fully saturated rings. The van der Waals surface area contributed by atoms with Gasteiger partial charge in [-0.1, -0.05) is 12.1 Å². The highest BCUT2D eigenvalue weighted by Crippen LogP contribution is 2.27. The van der Waals surface area contributed by atoms with Crippen LogP contribution in [0.15, 0.2) is 18.2 Å². The summed E-state index contributed by atoms with van der Waals surface area (Å²) >= 11 is 0. The number of ether oxygens (including phenoxy) is 1. The Morgan fingerprint density at radius 1 is 1.44 bits per heavy atom. The lowest BCUT2D eigenvalue weighted by Crippen LogP contribution is -2.18. The quantitative estimate of drug-likeness (QED) is 0.878. The minimum absolute atomic E-state index is 0.298. The van der Waals surface area contributed by atoms with Gasteiger partial charge in [0.2, 0.25) is 0 Å². The molecule has 0 aliphatic carbocycles. The molecule has 2 heterocycles. The van der Waals surface area contributed by atoms with E-state index < -0.39 is 0 Å². The zero-order valence-electron chi connectivity index (χ0n) is 11.1. The molecule has 0 bridgehead atoms. The van der Waals surface area contributed by atoms with Gasteiger partial charge in [0, 0.05) is 20.7 Å². The van der Waals surface area contributed by atoms with Crippen molar-refractivity contribution >= 4 is 11.0 Å². The second-order valence-electron chi connectivity index (χ2n) is 5.03. The molecule has 0 radical (unpaired) electrons. The summed E-state index contributed by atoms with van der Waals surface area (Å²) in [6.07, 6.45) is 1.29. The fraction of sp³-hybridized carbons (Fsp3) is 0.500. The summed E-state index contributed by atoms with van der Waals surface area (Å²) in [6.45, 7) is 3.04. The smallest absolute Gasteiger partial charge is 0.126 e. The van der Waals surface area contributed by atoms with E-state index in [1.165, 1.54) is 11.1 Å². The molecule has 0 saturated carbocycles. The largest absolute Gasteiger partial charge is 0.380 e. The van der Waals surface area contributed by atoms with Gasteiger partial charge in [-0.25, -0.2) is 4.98 Å². The predicted octanol–water partition coefficient (Wildman–Crippen LogP) is 1.93. The number of hydrogen-bond donors (Lipinski definition) is 1. The van der Waals surface area contributed by atoms with Gasteiger partial charge in [0.15, 0.2) is 0 Å². The molecule has 0 spiro atoms. The normalized spacial score (nSPS) is 23.9. The number of aryl methyl sites for hydroxylation is 2. The molecule has 3 rings (SSSR count). The molecular weight excluding hydrogens is 226 g/mol. The highest BCUT2D eigenvalue weighted by Gasteiger charge is 2.28. The Hall–Kier alpha value is -1.39. The summed E-state index contributed by atoms with van der Waals surface area (Å²) in [4.78, 5) is 4.77. The van der Waals surface area contributed by atoms with Crippen molar-refractivity contribution in [1.29, 1.82) is 0 Å². The molecule has 0 amide bonds. The Morgan fingerprint density at radius 2 is 2.28 bits per heavy atom. The lowest BCUT2D eigenvalue weighted by Gasteiger charge is -2.10. The third-order valence-corrected chi connectivity index (χ3v) is 3.87. The molecule has 1 aliphatic heterocycles. The van der Waals surface area contributed by atoms with Crippen LogP contribution >= 0.6 is 0 Å². The van der Waals surface area contributed by atoms with Crippen molar-refractivity contribution in [3.8, 4) is 0 Å². The van der Waals surface area contributed by atoms with Gasteiger partial charge < -0.3 is 14.6 Å². The fourth-order valence-electron chi connectivity index (χ4n) is 2.87. The van der Waals surface area contributed by atoms with Gasteiger partial charge in [-0.05, 0) is 25.0 Å². The SMILES string of the molecule is COC1CNC(c2nc3cccc(C)c3n2C)C1. The first kappa shape index (κ1) is 11.7. The molecule has 1 aliphatic rings. The Bertz CT molecular complexity index is 576. The lowest BCUT2D eigenvalue weighted by atomic mass is 10.2. The van der Waals surface area contributed by atoms with Crippen molar-refractivity contribution in [2.75, 3.05) is 13.7 Å². The zero-order valence-corrected chi connectivity index (χ0v) is 11.1. The molecule has 96 valence electrons. The van der Waals surface area contributed by atoms with Crippen LogP contribution in [-0.2, 0) is 11.8 Å². The van der Waals surface area contributed by atoms with Gasteiger partial charge in [0.25, 0.3) is 0 Å². The van der Waals surface area contributed by atoms with Gasteiger partial charge in [0.1, 0.15) is 5.82 Å². The number of imidazole rings is 1. The number of aromatic nitrogens is 2. The molecule has 18 heavy (non-hydrogen) atoms. The second-order valence-corrected chi connectivity index (χ2v) is 5.03. The number of hydrogen-bond acceptors (Lipinski definition) is 3. The van der Waals surface area contributed by atoms with Crippen molar-refractivity contribution in [1.82, 2.24) is 14.9 Å². The summed E-state index contributed by atoms with van der Waals surface area (Å²) < 4.78 is 7.61. The minimum Gasteiger partial charge on any atom is -0.380 e. The highest BCUT2D eigenvalue weighted by molar-refractivity contribution is 5.79. The number of fused-ring (bicyclic) bond motifs is 1. The van der Waals surface area contributed by atoms with E-state index in [1.807, 2.05) is 0 Å². The van der Waals surface area contributed by atoms with Crippen molar-refractivity contribution in [3.63, 3.8) is 0 Å². The van der Waals surface area contributed by atoms with Crippen LogP contribution in [0.2, 0.25) is 0 Å². The van der Waals surface area contributed by atoms with Crippen molar-refractivity contribution < 1.29 is 4.74 Å². The first-order chi connectivity index (χ1) is 8.70. The standard InChI is InChI=1S/C14H19N3O/c1-9-5-4-6-11-13(9)17(2)14(16-11)12-7-10(18-3)8-15-12/h4-6,10,12,15H,7-8H2,1-3H3.